The van der Waals surface area contributed by atoms with Gasteiger partial charge in [-0.15, -0.1) is 0 Å². The summed E-state index contributed by atoms with van der Waals surface area (Å²) in [6, 6.07) is 0. The summed E-state index contributed by atoms with van der Waals surface area (Å²) in [5.74, 6) is 0.536. The van der Waals surface area contributed by atoms with Crippen LogP contribution in [0.1, 0.15) is 33.1 Å². The molecule has 2 aliphatic heterocycles. The van der Waals surface area contributed by atoms with Gasteiger partial charge in [-0.2, -0.15) is 4.99 Å². The van der Waals surface area contributed by atoms with E-state index in [1.165, 1.54) is 0 Å². The predicted molar refractivity (Wildman–Crippen MR) is 77.6 cm³/mol. The van der Waals surface area contributed by atoms with Crippen LogP contribution in [0.5, 0.6) is 0 Å². The lowest BCUT2D eigenvalue weighted by Crippen LogP contribution is -2.48. The van der Waals surface area contributed by atoms with Crippen LogP contribution >= 0.6 is 0 Å². The maximum Gasteiger partial charge on any atom is 0.257 e. The van der Waals surface area contributed by atoms with Crippen LogP contribution < -0.4 is 0 Å². The zero-order valence-electron chi connectivity index (χ0n) is 12.2. The van der Waals surface area contributed by atoms with Gasteiger partial charge in [-0.3, -0.25) is 4.79 Å². The van der Waals surface area contributed by atoms with Gasteiger partial charge in [0.1, 0.15) is 0 Å². The molecule has 19 heavy (non-hydrogen) atoms. The van der Waals surface area contributed by atoms with Gasteiger partial charge in [0.25, 0.3) is 5.91 Å². The molecule has 1 saturated heterocycles. The Morgan fingerprint density at radius 3 is 2.47 bits per heavy atom. The highest BCUT2D eigenvalue weighted by atomic mass is 16.1. The van der Waals surface area contributed by atoms with Gasteiger partial charge in [-0.25, -0.2) is 4.99 Å². The Labute approximate surface area is 115 Å². The molecule has 1 amide bonds. The summed E-state index contributed by atoms with van der Waals surface area (Å²) in [7, 11) is 2.11. The summed E-state index contributed by atoms with van der Waals surface area (Å²) in [5, 5.41) is 0. The highest BCUT2D eigenvalue weighted by Crippen LogP contribution is 2.18. The van der Waals surface area contributed by atoms with E-state index in [2.05, 4.69) is 33.8 Å². The van der Waals surface area contributed by atoms with Gasteiger partial charge in [0.15, 0.2) is 0 Å². The van der Waals surface area contributed by atoms with Crippen molar-refractivity contribution in [3.63, 3.8) is 0 Å². The minimum atomic E-state index is -0.0869. The molecule has 0 N–H and O–H groups in total. The maximum absolute atomic E-state index is 12.1. The third-order valence-corrected chi connectivity index (χ3v) is 3.92. The molecule has 0 radical (unpaired) electrons. The van der Waals surface area contributed by atoms with Crippen LogP contribution in [-0.4, -0.2) is 60.6 Å². The van der Waals surface area contributed by atoms with Crippen LogP contribution in [-0.2, 0) is 4.79 Å². The number of nitrogens with zero attached hydrogens (tertiary/aromatic N) is 4. The van der Waals surface area contributed by atoms with Crippen molar-refractivity contribution in [2.45, 2.75) is 33.1 Å². The number of hydrogen-bond acceptors (Lipinski definition) is 4. The standard InChI is InChI=1S/C14H24N4O/c1-4-5-6-12-11(2)15-14(16-13(12)19)18-9-7-17(3)8-10-18/h12H,4-10H2,1-3H3. The summed E-state index contributed by atoms with van der Waals surface area (Å²) in [6.45, 7) is 7.90. The number of hydrogen-bond donors (Lipinski definition) is 0. The number of rotatable bonds is 3. The number of carbonyl (C=O) groups excluding carboxylic acids is 1. The summed E-state index contributed by atoms with van der Waals surface area (Å²) in [5.41, 5.74) is 0.933. The van der Waals surface area contributed by atoms with E-state index in [-0.39, 0.29) is 11.8 Å². The van der Waals surface area contributed by atoms with Gasteiger partial charge in [-0.1, -0.05) is 19.8 Å². The van der Waals surface area contributed by atoms with Crippen LogP contribution in [0.25, 0.3) is 0 Å². The predicted octanol–water partition coefficient (Wildman–Crippen LogP) is 1.40. The zero-order chi connectivity index (χ0) is 13.8. The summed E-state index contributed by atoms with van der Waals surface area (Å²) < 4.78 is 0. The summed E-state index contributed by atoms with van der Waals surface area (Å²) >= 11 is 0. The monoisotopic (exact) mass is 264 g/mol. The Bertz CT molecular complexity index is 394. The number of aliphatic imine (C=N–C) groups is 2. The van der Waals surface area contributed by atoms with Gasteiger partial charge in [-0.05, 0) is 20.4 Å². The molecule has 0 aromatic carbocycles. The minimum Gasteiger partial charge on any atom is -0.338 e. The van der Waals surface area contributed by atoms with E-state index in [1.54, 1.807) is 0 Å². The molecule has 5 nitrogen and oxygen atoms in total. The van der Waals surface area contributed by atoms with Crippen molar-refractivity contribution >= 4 is 17.6 Å². The molecule has 106 valence electrons. The van der Waals surface area contributed by atoms with Crippen LogP contribution in [0, 0.1) is 5.92 Å². The molecule has 2 rings (SSSR count). The SMILES string of the molecule is CCCCC1C(=O)N=C(N2CCN(C)CC2)N=C1C. The second-order valence-corrected chi connectivity index (χ2v) is 5.49. The van der Waals surface area contributed by atoms with Gasteiger partial charge < -0.3 is 9.80 Å². The average Bonchev–Trinajstić information content (AvgIpc) is 2.38. The molecular formula is C14H24N4O. The number of piperazine rings is 1. The Hall–Kier alpha value is -1.23. The third-order valence-electron chi connectivity index (χ3n) is 3.92. The molecule has 0 aliphatic carbocycles. The molecule has 1 fully saturated rings. The van der Waals surface area contributed by atoms with Crippen LogP contribution in [0.3, 0.4) is 0 Å². The lowest BCUT2D eigenvalue weighted by atomic mass is 9.96. The smallest absolute Gasteiger partial charge is 0.257 e. The second-order valence-electron chi connectivity index (χ2n) is 5.49. The fourth-order valence-electron chi connectivity index (χ4n) is 2.50. The number of likely N-dealkylation sites (N-methyl/N-ethyl adjacent to an activating group) is 1. The molecule has 2 heterocycles. The first kappa shape index (κ1) is 14.2. The van der Waals surface area contributed by atoms with E-state index >= 15 is 0 Å². The first-order valence-electron chi connectivity index (χ1n) is 7.23. The van der Waals surface area contributed by atoms with Crippen molar-refractivity contribution in [1.82, 2.24) is 9.80 Å². The molecule has 5 heteroatoms. The lowest BCUT2D eigenvalue weighted by molar-refractivity contribution is -0.120. The fourth-order valence-corrected chi connectivity index (χ4v) is 2.50. The van der Waals surface area contributed by atoms with E-state index in [0.29, 0.717) is 5.96 Å². The topological polar surface area (TPSA) is 48.3 Å². The Morgan fingerprint density at radius 2 is 1.89 bits per heavy atom. The van der Waals surface area contributed by atoms with E-state index < -0.39 is 0 Å². The van der Waals surface area contributed by atoms with Crippen molar-refractivity contribution in [3.05, 3.63) is 0 Å². The van der Waals surface area contributed by atoms with E-state index in [1.807, 2.05) is 6.92 Å². The molecule has 1 atom stereocenters. The van der Waals surface area contributed by atoms with Gasteiger partial charge in [0, 0.05) is 31.9 Å². The molecule has 0 bridgehead atoms. The number of carbonyl (C=O) groups is 1. The number of amides is 1. The highest BCUT2D eigenvalue weighted by Gasteiger charge is 2.28. The van der Waals surface area contributed by atoms with Crippen molar-refractivity contribution in [2.75, 3.05) is 33.2 Å². The van der Waals surface area contributed by atoms with Crippen molar-refractivity contribution in [3.8, 4) is 0 Å². The fraction of sp³-hybridized carbons (Fsp3) is 0.786. The molecule has 0 saturated carbocycles. The first-order valence-corrected chi connectivity index (χ1v) is 7.23. The second kappa shape index (κ2) is 6.28. The molecule has 1 unspecified atom stereocenters. The molecule has 0 aromatic rings. The molecule has 0 spiro atoms. The first-order chi connectivity index (χ1) is 9.11. The summed E-state index contributed by atoms with van der Waals surface area (Å²) in [4.78, 5) is 25.3. The Morgan fingerprint density at radius 1 is 1.21 bits per heavy atom. The minimum absolute atomic E-state index is 0.00474. The van der Waals surface area contributed by atoms with E-state index in [0.717, 1.165) is 51.2 Å². The molecule has 0 aromatic heterocycles. The van der Waals surface area contributed by atoms with E-state index in [9.17, 15) is 4.79 Å². The highest BCUT2D eigenvalue weighted by molar-refractivity contribution is 6.14. The maximum atomic E-state index is 12.1. The molecule has 2 aliphatic rings. The zero-order valence-corrected chi connectivity index (χ0v) is 12.2. The van der Waals surface area contributed by atoms with Crippen LogP contribution in [0.4, 0.5) is 0 Å². The Kier molecular flexibility index (Phi) is 4.69. The van der Waals surface area contributed by atoms with Crippen molar-refractivity contribution in [1.29, 1.82) is 0 Å². The van der Waals surface area contributed by atoms with E-state index in [4.69, 9.17) is 0 Å². The lowest BCUT2D eigenvalue weighted by Gasteiger charge is -2.34. The summed E-state index contributed by atoms with van der Waals surface area (Å²) in [6.07, 6.45) is 3.04. The van der Waals surface area contributed by atoms with Crippen LogP contribution in [0.15, 0.2) is 9.98 Å². The average molecular weight is 264 g/mol. The third kappa shape index (κ3) is 3.41. The van der Waals surface area contributed by atoms with Crippen LogP contribution in [0.2, 0.25) is 0 Å². The van der Waals surface area contributed by atoms with Gasteiger partial charge in [0.05, 0.1) is 5.92 Å². The number of guanidine groups is 1. The van der Waals surface area contributed by atoms with Crippen molar-refractivity contribution in [2.24, 2.45) is 15.9 Å². The van der Waals surface area contributed by atoms with Gasteiger partial charge >= 0.3 is 0 Å². The molecular weight excluding hydrogens is 240 g/mol. The quantitative estimate of drug-likeness (QED) is 0.774. The Balaban J connectivity index is 2.03. The number of unbranched alkanes of at least 4 members (excludes halogenated alkanes) is 1. The van der Waals surface area contributed by atoms with Crippen molar-refractivity contribution < 1.29 is 4.79 Å². The largest absolute Gasteiger partial charge is 0.338 e. The normalized spacial score (nSPS) is 25.3. The van der Waals surface area contributed by atoms with Gasteiger partial charge in [0.2, 0.25) is 5.96 Å².